The Balaban J connectivity index is 2.48. The van der Waals surface area contributed by atoms with E-state index in [9.17, 15) is 8.42 Å². The number of aromatic amines is 1. The number of aromatic nitrogens is 2. The summed E-state index contributed by atoms with van der Waals surface area (Å²) < 4.78 is 27.6. The second-order valence-electron chi connectivity index (χ2n) is 3.41. The van der Waals surface area contributed by atoms with Gasteiger partial charge < -0.3 is 5.73 Å². The summed E-state index contributed by atoms with van der Waals surface area (Å²) in [6.07, 6.45) is 2.81. The highest BCUT2D eigenvalue weighted by atomic mass is 79.9. The molecule has 0 saturated heterocycles. The van der Waals surface area contributed by atoms with Crippen molar-refractivity contribution in [1.82, 2.24) is 10.2 Å². The van der Waals surface area contributed by atoms with Gasteiger partial charge in [0.15, 0.2) is 0 Å². The molecule has 18 heavy (non-hydrogen) atoms. The monoisotopic (exact) mass is 394 g/mol. The van der Waals surface area contributed by atoms with E-state index in [4.69, 9.17) is 5.73 Å². The van der Waals surface area contributed by atoms with Gasteiger partial charge in [-0.15, -0.1) is 0 Å². The second kappa shape index (κ2) is 4.90. The van der Waals surface area contributed by atoms with E-state index in [2.05, 4.69) is 46.8 Å². The Hall–Kier alpha value is -1.06. The van der Waals surface area contributed by atoms with Gasteiger partial charge in [-0.1, -0.05) is 0 Å². The summed E-state index contributed by atoms with van der Waals surface area (Å²) in [5.41, 5.74) is 6.42. The van der Waals surface area contributed by atoms with Crippen LogP contribution in [0.5, 0.6) is 0 Å². The number of halogens is 2. The number of benzene rings is 1. The fraction of sp³-hybridized carbons (Fsp3) is 0. The minimum Gasteiger partial charge on any atom is -0.399 e. The molecule has 0 atom stereocenters. The number of nitrogens with two attached hydrogens (primary N) is 1. The molecular weight excluding hydrogens is 388 g/mol. The van der Waals surface area contributed by atoms with Crippen LogP contribution >= 0.6 is 31.9 Å². The zero-order valence-electron chi connectivity index (χ0n) is 8.81. The fourth-order valence-corrected chi connectivity index (χ4v) is 5.00. The first-order chi connectivity index (χ1) is 8.40. The number of nitrogen functional groups attached to an aromatic ring is 1. The van der Waals surface area contributed by atoms with E-state index in [1.807, 2.05) is 0 Å². The molecule has 1 aromatic heterocycles. The van der Waals surface area contributed by atoms with Crippen molar-refractivity contribution < 1.29 is 8.42 Å². The predicted octanol–water partition coefficient (Wildman–Crippen LogP) is 2.32. The molecule has 0 aliphatic heterocycles. The fourth-order valence-electron chi connectivity index (χ4n) is 1.35. The highest BCUT2D eigenvalue weighted by Gasteiger charge is 2.22. The van der Waals surface area contributed by atoms with E-state index < -0.39 is 10.0 Å². The summed E-state index contributed by atoms with van der Waals surface area (Å²) in [5, 5.41) is 6.19. The van der Waals surface area contributed by atoms with Crippen LogP contribution in [0.25, 0.3) is 0 Å². The van der Waals surface area contributed by atoms with Crippen LogP contribution in [0.15, 0.2) is 38.4 Å². The molecule has 0 spiro atoms. The molecule has 0 amide bonds. The Kier molecular flexibility index (Phi) is 3.64. The number of rotatable bonds is 3. The molecule has 0 aliphatic carbocycles. The molecule has 6 nitrogen and oxygen atoms in total. The summed E-state index contributed by atoms with van der Waals surface area (Å²) in [6.45, 7) is 0. The normalized spacial score (nSPS) is 11.4. The van der Waals surface area contributed by atoms with Crippen LogP contribution < -0.4 is 10.5 Å². The van der Waals surface area contributed by atoms with Crippen molar-refractivity contribution in [1.29, 1.82) is 0 Å². The molecular formula is C9H8Br2N4O2S. The zero-order chi connectivity index (χ0) is 13.3. The van der Waals surface area contributed by atoms with Crippen LogP contribution in [0, 0.1) is 0 Å². The van der Waals surface area contributed by atoms with Gasteiger partial charge in [-0.2, -0.15) is 5.10 Å². The molecule has 2 aromatic rings. The van der Waals surface area contributed by atoms with E-state index in [1.54, 1.807) is 0 Å². The molecule has 0 bridgehead atoms. The standard InChI is InChI=1S/C9H8Br2N4O2S/c10-7-1-5(12)2-8(11)9(7)18(16,17)15-6-3-13-14-4-6/h1-4,15H,12H2,(H,13,14). The average molecular weight is 396 g/mol. The Morgan fingerprint density at radius 2 is 1.89 bits per heavy atom. The van der Waals surface area contributed by atoms with Crippen LogP contribution in [0.4, 0.5) is 11.4 Å². The van der Waals surface area contributed by atoms with Gasteiger partial charge in [-0.25, -0.2) is 8.42 Å². The third kappa shape index (κ3) is 2.68. The van der Waals surface area contributed by atoms with E-state index >= 15 is 0 Å². The summed E-state index contributed by atoms with van der Waals surface area (Å²) in [5.74, 6) is 0. The highest BCUT2D eigenvalue weighted by molar-refractivity contribution is 9.11. The van der Waals surface area contributed by atoms with Gasteiger partial charge in [0.05, 0.1) is 11.9 Å². The van der Waals surface area contributed by atoms with E-state index in [1.165, 1.54) is 24.5 Å². The number of sulfonamides is 1. The largest absolute Gasteiger partial charge is 0.399 e. The number of hydrogen-bond acceptors (Lipinski definition) is 4. The van der Waals surface area contributed by atoms with Crippen LogP contribution in [0.1, 0.15) is 0 Å². The number of hydrogen-bond donors (Lipinski definition) is 3. The molecule has 1 heterocycles. The van der Waals surface area contributed by atoms with Gasteiger partial charge in [0.2, 0.25) is 0 Å². The summed E-state index contributed by atoms with van der Waals surface area (Å²) >= 11 is 6.37. The van der Waals surface area contributed by atoms with Crippen molar-refractivity contribution in [3.05, 3.63) is 33.5 Å². The van der Waals surface area contributed by atoms with Gasteiger partial charge in [-0.3, -0.25) is 9.82 Å². The number of H-pyrrole nitrogens is 1. The number of nitrogens with zero attached hydrogens (tertiary/aromatic N) is 1. The highest BCUT2D eigenvalue weighted by Crippen LogP contribution is 2.33. The Morgan fingerprint density at radius 1 is 1.28 bits per heavy atom. The first kappa shape index (κ1) is 13.4. The molecule has 0 saturated carbocycles. The van der Waals surface area contributed by atoms with Crippen LogP contribution in [-0.2, 0) is 10.0 Å². The minimum absolute atomic E-state index is 0.0814. The lowest BCUT2D eigenvalue weighted by molar-refractivity contribution is 0.600. The van der Waals surface area contributed by atoms with Crippen molar-refractivity contribution in [3.63, 3.8) is 0 Å². The minimum atomic E-state index is -3.72. The molecule has 2 rings (SSSR count). The van der Waals surface area contributed by atoms with Gasteiger partial charge in [0.25, 0.3) is 10.0 Å². The Labute approximate surface area is 120 Å². The van der Waals surface area contributed by atoms with Crippen LogP contribution in [0.3, 0.4) is 0 Å². The maximum absolute atomic E-state index is 12.2. The van der Waals surface area contributed by atoms with E-state index in [-0.39, 0.29) is 4.90 Å². The predicted molar refractivity (Wildman–Crippen MR) is 75.7 cm³/mol. The molecule has 4 N–H and O–H groups in total. The van der Waals surface area contributed by atoms with Crippen molar-refractivity contribution in [2.24, 2.45) is 0 Å². The molecule has 0 fully saturated rings. The third-order valence-electron chi connectivity index (χ3n) is 2.04. The number of anilines is 2. The smallest absolute Gasteiger partial charge is 0.264 e. The topological polar surface area (TPSA) is 101 Å². The van der Waals surface area contributed by atoms with Crippen LogP contribution in [0.2, 0.25) is 0 Å². The van der Waals surface area contributed by atoms with Gasteiger partial charge in [0.1, 0.15) is 4.90 Å². The molecule has 1 aromatic carbocycles. The third-order valence-corrected chi connectivity index (χ3v) is 5.30. The summed E-state index contributed by atoms with van der Waals surface area (Å²) in [6, 6.07) is 3.05. The summed E-state index contributed by atoms with van der Waals surface area (Å²) in [4.78, 5) is 0.0814. The average Bonchev–Trinajstić information content (AvgIpc) is 2.66. The second-order valence-corrected chi connectivity index (χ2v) is 6.73. The molecule has 0 aliphatic rings. The van der Waals surface area contributed by atoms with Crippen molar-refractivity contribution in [3.8, 4) is 0 Å². The maximum atomic E-state index is 12.2. The lowest BCUT2D eigenvalue weighted by atomic mass is 10.3. The van der Waals surface area contributed by atoms with Gasteiger partial charge in [-0.05, 0) is 44.0 Å². The maximum Gasteiger partial charge on any atom is 0.264 e. The van der Waals surface area contributed by atoms with E-state index in [0.29, 0.717) is 20.3 Å². The van der Waals surface area contributed by atoms with Crippen molar-refractivity contribution in [2.45, 2.75) is 4.90 Å². The van der Waals surface area contributed by atoms with Crippen LogP contribution in [-0.4, -0.2) is 18.6 Å². The lowest BCUT2D eigenvalue weighted by Crippen LogP contribution is -2.14. The zero-order valence-corrected chi connectivity index (χ0v) is 12.8. The Morgan fingerprint density at radius 3 is 2.39 bits per heavy atom. The van der Waals surface area contributed by atoms with E-state index in [0.717, 1.165) is 0 Å². The summed E-state index contributed by atoms with van der Waals surface area (Å²) in [7, 11) is -3.72. The van der Waals surface area contributed by atoms with Gasteiger partial charge >= 0.3 is 0 Å². The first-order valence-corrected chi connectivity index (χ1v) is 7.73. The number of nitrogens with one attached hydrogen (secondary N) is 2. The molecule has 9 heteroatoms. The molecule has 96 valence electrons. The quantitative estimate of drug-likeness (QED) is 0.694. The lowest BCUT2D eigenvalue weighted by Gasteiger charge is -2.10. The van der Waals surface area contributed by atoms with Crippen molar-refractivity contribution in [2.75, 3.05) is 10.5 Å². The van der Waals surface area contributed by atoms with Crippen molar-refractivity contribution >= 4 is 53.3 Å². The van der Waals surface area contributed by atoms with Gasteiger partial charge in [0, 0.05) is 20.8 Å². The Bertz CT molecular complexity index is 647. The first-order valence-electron chi connectivity index (χ1n) is 4.66. The SMILES string of the molecule is Nc1cc(Br)c(S(=O)(=O)Nc2cn[nH]c2)c(Br)c1. The molecule has 0 radical (unpaired) electrons. The molecule has 0 unspecified atom stereocenters.